The monoisotopic (exact) mass is 329 g/mol. The molecule has 1 N–H and O–H groups in total. The second-order valence-electron chi connectivity index (χ2n) is 6.26. The largest absolute Gasteiger partial charge is 0.346 e. The van der Waals surface area contributed by atoms with E-state index in [9.17, 15) is 0 Å². The van der Waals surface area contributed by atoms with Crippen molar-refractivity contribution in [2.24, 2.45) is 0 Å². The average molecular weight is 329 g/mol. The highest BCUT2D eigenvalue weighted by atomic mass is 14.9. The molecule has 0 fully saturated rings. The molecule has 0 aliphatic carbocycles. The second kappa shape index (κ2) is 6.81. The topological polar surface area (TPSA) is 67.3 Å². The van der Waals surface area contributed by atoms with Crippen molar-refractivity contribution in [2.45, 2.75) is 26.2 Å². The number of hydrogen-bond acceptors (Lipinski definition) is 4. The lowest BCUT2D eigenvalue weighted by molar-refractivity contribution is 0.847. The minimum atomic E-state index is 0.801. The molecule has 124 valence electrons. The number of nitrogens with one attached hydrogen (secondary N) is 1. The maximum Gasteiger partial charge on any atom is 0.137 e. The molecule has 4 rings (SSSR count). The maximum atomic E-state index is 4.52. The Balaban J connectivity index is 1.45. The standard InChI is InChI=1S/C20H19N5/c1-14-8-18-17(13-25-20(18)24-10-14)9-16-11-22-19(23-12-16)3-2-15-4-6-21-7-5-15/h4-8,10-13H,2-3,9H2,1H3,(H,24,25). The van der Waals surface area contributed by atoms with Gasteiger partial charge in [0.05, 0.1) is 0 Å². The summed E-state index contributed by atoms with van der Waals surface area (Å²) in [4.78, 5) is 20.7. The quantitative estimate of drug-likeness (QED) is 0.609. The molecule has 0 amide bonds. The van der Waals surface area contributed by atoms with Crippen LogP contribution in [0.2, 0.25) is 0 Å². The van der Waals surface area contributed by atoms with E-state index in [0.29, 0.717) is 0 Å². The lowest BCUT2D eigenvalue weighted by Crippen LogP contribution is -2.00. The molecule has 0 aliphatic rings. The number of rotatable bonds is 5. The zero-order chi connectivity index (χ0) is 17.1. The molecule has 4 aromatic heterocycles. The first-order valence-electron chi connectivity index (χ1n) is 8.39. The molecule has 0 unspecified atom stereocenters. The maximum absolute atomic E-state index is 4.52. The Morgan fingerprint density at radius 3 is 2.52 bits per heavy atom. The molecule has 0 aliphatic heterocycles. The van der Waals surface area contributed by atoms with E-state index < -0.39 is 0 Å². The molecule has 0 spiro atoms. The number of hydrogen-bond donors (Lipinski definition) is 1. The van der Waals surface area contributed by atoms with E-state index in [1.54, 1.807) is 0 Å². The van der Waals surface area contributed by atoms with Crippen molar-refractivity contribution >= 4 is 11.0 Å². The van der Waals surface area contributed by atoms with E-state index >= 15 is 0 Å². The van der Waals surface area contributed by atoms with Gasteiger partial charge in [-0.3, -0.25) is 4.98 Å². The van der Waals surface area contributed by atoms with Crippen molar-refractivity contribution in [1.82, 2.24) is 24.9 Å². The van der Waals surface area contributed by atoms with E-state index in [4.69, 9.17) is 0 Å². The van der Waals surface area contributed by atoms with Crippen LogP contribution in [0.3, 0.4) is 0 Å². The van der Waals surface area contributed by atoms with Crippen molar-refractivity contribution in [3.63, 3.8) is 0 Å². The van der Waals surface area contributed by atoms with Crippen LogP contribution in [0.15, 0.2) is 55.4 Å². The summed E-state index contributed by atoms with van der Waals surface area (Å²) in [6.45, 7) is 2.06. The highest BCUT2D eigenvalue weighted by molar-refractivity contribution is 5.80. The summed E-state index contributed by atoms with van der Waals surface area (Å²) < 4.78 is 0. The van der Waals surface area contributed by atoms with Gasteiger partial charge < -0.3 is 4.98 Å². The minimum Gasteiger partial charge on any atom is -0.346 e. The summed E-state index contributed by atoms with van der Waals surface area (Å²) >= 11 is 0. The number of aromatic nitrogens is 5. The third-order valence-corrected chi connectivity index (χ3v) is 4.29. The van der Waals surface area contributed by atoms with Crippen LogP contribution >= 0.6 is 0 Å². The SMILES string of the molecule is Cc1cnc2[nH]cc(Cc3cnc(CCc4ccncc4)nc3)c2c1. The van der Waals surface area contributed by atoms with Gasteiger partial charge in [0.2, 0.25) is 0 Å². The molecule has 5 nitrogen and oxygen atoms in total. The first kappa shape index (κ1) is 15.4. The molecule has 0 bridgehead atoms. The highest BCUT2D eigenvalue weighted by Gasteiger charge is 2.07. The molecule has 4 aromatic rings. The van der Waals surface area contributed by atoms with Crippen molar-refractivity contribution in [1.29, 1.82) is 0 Å². The molecule has 5 heteroatoms. The van der Waals surface area contributed by atoms with E-state index in [2.05, 4.69) is 37.9 Å². The summed E-state index contributed by atoms with van der Waals surface area (Å²) in [6.07, 6.45) is 13.9. The Labute approximate surface area is 146 Å². The molecular weight excluding hydrogens is 310 g/mol. The summed E-state index contributed by atoms with van der Waals surface area (Å²) in [6, 6.07) is 6.22. The Kier molecular flexibility index (Phi) is 4.21. The first-order valence-corrected chi connectivity index (χ1v) is 8.39. The molecule has 0 saturated carbocycles. The summed E-state index contributed by atoms with van der Waals surface area (Å²) in [5.41, 5.74) is 5.67. The van der Waals surface area contributed by atoms with Gasteiger partial charge in [-0.1, -0.05) is 0 Å². The Morgan fingerprint density at radius 1 is 0.920 bits per heavy atom. The second-order valence-corrected chi connectivity index (χ2v) is 6.26. The number of H-pyrrole nitrogens is 1. The van der Waals surface area contributed by atoms with E-state index in [1.807, 2.05) is 49.3 Å². The third kappa shape index (κ3) is 3.55. The van der Waals surface area contributed by atoms with Gasteiger partial charge in [-0.2, -0.15) is 0 Å². The van der Waals surface area contributed by atoms with Gasteiger partial charge in [-0.05, 0) is 53.8 Å². The van der Waals surface area contributed by atoms with Gasteiger partial charge in [0.1, 0.15) is 11.5 Å². The molecule has 0 atom stereocenters. The zero-order valence-electron chi connectivity index (χ0n) is 14.1. The molecule has 25 heavy (non-hydrogen) atoms. The van der Waals surface area contributed by atoms with Crippen LogP contribution in [0.1, 0.15) is 28.1 Å². The number of pyridine rings is 2. The predicted octanol–water partition coefficient (Wildman–Crippen LogP) is 3.43. The Hall–Kier alpha value is -3.08. The Morgan fingerprint density at radius 2 is 1.72 bits per heavy atom. The molecular formula is C20H19N5. The van der Waals surface area contributed by atoms with Crippen molar-refractivity contribution in [2.75, 3.05) is 0 Å². The fourth-order valence-corrected chi connectivity index (χ4v) is 2.94. The molecule has 0 aromatic carbocycles. The highest BCUT2D eigenvalue weighted by Crippen LogP contribution is 2.20. The predicted molar refractivity (Wildman–Crippen MR) is 97.3 cm³/mol. The summed E-state index contributed by atoms with van der Waals surface area (Å²) in [7, 11) is 0. The third-order valence-electron chi connectivity index (χ3n) is 4.29. The van der Waals surface area contributed by atoms with Crippen LogP contribution in [-0.4, -0.2) is 24.9 Å². The van der Waals surface area contributed by atoms with Gasteiger partial charge in [0, 0.05) is 55.4 Å². The van der Waals surface area contributed by atoms with Gasteiger partial charge >= 0.3 is 0 Å². The van der Waals surface area contributed by atoms with E-state index in [1.165, 1.54) is 16.5 Å². The van der Waals surface area contributed by atoms with Crippen LogP contribution in [0.4, 0.5) is 0 Å². The van der Waals surface area contributed by atoms with Gasteiger partial charge in [-0.25, -0.2) is 15.0 Å². The van der Waals surface area contributed by atoms with Crippen LogP contribution < -0.4 is 0 Å². The van der Waals surface area contributed by atoms with E-state index in [0.717, 1.165) is 41.9 Å². The van der Waals surface area contributed by atoms with Crippen molar-refractivity contribution < 1.29 is 0 Å². The lowest BCUT2D eigenvalue weighted by Gasteiger charge is -2.03. The van der Waals surface area contributed by atoms with Crippen molar-refractivity contribution in [3.8, 4) is 0 Å². The number of aryl methyl sites for hydroxylation is 3. The fraction of sp³-hybridized carbons (Fsp3) is 0.200. The van der Waals surface area contributed by atoms with Crippen LogP contribution in [0.25, 0.3) is 11.0 Å². The van der Waals surface area contributed by atoms with Crippen molar-refractivity contribution in [3.05, 3.63) is 83.5 Å². The number of nitrogens with zero attached hydrogens (tertiary/aromatic N) is 4. The van der Waals surface area contributed by atoms with Crippen LogP contribution in [-0.2, 0) is 19.3 Å². The zero-order valence-corrected chi connectivity index (χ0v) is 14.1. The molecule has 0 radical (unpaired) electrons. The minimum absolute atomic E-state index is 0.801. The molecule has 4 heterocycles. The number of fused-ring (bicyclic) bond motifs is 1. The average Bonchev–Trinajstić information content (AvgIpc) is 3.04. The fourth-order valence-electron chi connectivity index (χ4n) is 2.94. The Bertz CT molecular complexity index is 974. The summed E-state index contributed by atoms with van der Waals surface area (Å²) in [5, 5.41) is 1.17. The summed E-state index contributed by atoms with van der Waals surface area (Å²) in [5.74, 6) is 0.872. The van der Waals surface area contributed by atoms with Crippen LogP contribution in [0.5, 0.6) is 0 Å². The molecule has 0 saturated heterocycles. The van der Waals surface area contributed by atoms with Gasteiger partial charge in [0.15, 0.2) is 0 Å². The lowest BCUT2D eigenvalue weighted by atomic mass is 10.1. The first-order chi connectivity index (χ1) is 12.3. The number of aromatic amines is 1. The normalized spacial score (nSPS) is 11.1. The smallest absolute Gasteiger partial charge is 0.137 e. The van der Waals surface area contributed by atoms with Gasteiger partial charge in [0.25, 0.3) is 0 Å². The van der Waals surface area contributed by atoms with Gasteiger partial charge in [-0.15, -0.1) is 0 Å². The van der Waals surface area contributed by atoms with Crippen LogP contribution in [0, 0.1) is 6.92 Å². The van der Waals surface area contributed by atoms with E-state index in [-0.39, 0.29) is 0 Å².